The van der Waals surface area contributed by atoms with Gasteiger partial charge in [0, 0.05) is 22.3 Å². The number of aromatic amines is 1. The Morgan fingerprint density at radius 3 is 2.78 bits per heavy atom. The van der Waals surface area contributed by atoms with Gasteiger partial charge in [-0.25, -0.2) is 0 Å². The normalized spacial score (nSPS) is 10.8. The summed E-state index contributed by atoms with van der Waals surface area (Å²) < 4.78 is 1.60. The van der Waals surface area contributed by atoms with Gasteiger partial charge in [-0.1, -0.05) is 35.9 Å². The molecule has 0 saturated heterocycles. The van der Waals surface area contributed by atoms with Crippen LogP contribution in [0, 0.1) is 0 Å². The number of anilines is 1. The smallest absolute Gasteiger partial charge is 0.312 e. The van der Waals surface area contributed by atoms with Gasteiger partial charge in [-0.15, -0.1) is 4.68 Å². The molecule has 0 bridgehead atoms. The molecule has 0 spiro atoms. The van der Waals surface area contributed by atoms with Crippen molar-refractivity contribution >= 4 is 29.4 Å². The Kier molecular flexibility index (Phi) is 4.49. The highest BCUT2D eigenvalue weighted by atomic mass is 35.5. The maximum absolute atomic E-state index is 11.8. The Labute approximate surface area is 138 Å². The summed E-state index contributed by atoms with van der Waals surface area (Å²) in [7, 11) is 0. The fourth-order valence-corrected chi connectivity index (χ4v) is 2.19. The predicted molar refractivity (Wildman–Crippen MR) is 89.6 cm³/mol. The molecular weight excluding hydrogens is 312 g/mol. The molecule has 0 aliphatic carbocycles. The highest BCUT2D eigenvalue weighted by Crippen LogP contribution is 2.17. The summed E-state index contributed by atoms with van der Waals surface area (Å²) >= 11 is 5.97. The van der Waals surface area contributed by atoms with Crippen LogP contribution < -0.4 is 10.00 Å². The van der Waals surface area contributed by atoms with Crippen LogP contribution in [0.4, 0.5) is 5.69 Å². The number of hydrogen-bond acceptors (Lipinski definition) is 2. The molecule has 0 aliphatic rings. The zero-order valence-electron chi connectivity index (χ0n) is 12.1. The van der Waals surface area contributed by atoms with Crippen LogP contribution in [0.2, 0.25) is 5.02 Å². The number of amides is 1. The highest BCUT2D eigenvalue weighted by Gasteiger charge is 2.10. The van der Waals surface area contributed by atoms with E-state index in [4.69, 9.17) is 11.6 Å². The quantitative estimate of drug-likeness (QED) is 0.572. The van der Waals surface area contributed by atoms with E-state index in [-0.39, 0.29) is 5.91 Å². The van der Waals surface area contributed by atoms with Gasteiger partial charge in [0.15, 0.2) is 0 Å². The summed E-state index contributed by atoms with van der Waals surface area (Å²) in [6.45, 7) is 0. The standard InChI is InChI=1S/C17H13ClN4O/c18-14-6-4-5-13(11-14)17-19-12-22(21-17)10-9-16(23)20-15-7-2-1-3-8-15/h1-12H,(H,20,23)/p+1. The first-order valence-electron chi connectivity index (χ1n) is 6.97. The van der Waals surface area contributed by atoms with E-state index in [1.54, 1.807) is 23.3 Å². The summed E-state index contributed by atoms with van der Waals surface area (Å²) in [4.78, 5) is 16.1. The van der Waals surface area contributed by atoms with Crippen LogP contribution in [-0.4, -0.2) is 16.0 Å². The molecule has 5 nitrogen and oxygen atoms in total. The first kappa shape index (κ1) is 15.0. The van der Waals surface area contributed by atoms with Crippen LogP contribution in [0.1, 0.15) is 0 Å². The Balaban J connectivity index is 1.68. The molecule has 0 fully saturated rings. The zero-order valence-corrected chi connectivity index (χ0v) is 12.9. The second kappa shape index (κ2) is 6.89. The van der Waals surface area contributed by atoms with Gasteiger partial charge in [-0.2, -0.15) is 5.10 Å². The fraction of sp³-hybridized carbons (Fsp3) is 0. The minimum absolute atomic E-state index is 0.220. The summed E-state index contributed by atoms with van der Waals surface area (Å²) in [5.74, 6) is 0.447. The Morgan fingerprint density at radius 2 is 2.00 bits per heavy atom. The second-order valence-corrected chi connectivity index (χ2v) is 5.23. The van der Waals surface area contributed by atoms with Gasteiger partial charge in [0.2, 0.25) is 0 Å². The van der Waals surface area contributed by atoms with Crippen molar-refractivity contribution in [3.63, 3.8) is 0 Å². The highest BCUT2D eigenvalue weighted by molar-refractivity contribution is 6.30. The lowest BCUT2D eigenvalue weighted by Gasteiger charge is -1.99. The van der Waals surface area contributed by atoms with Gasteiger partial charge < -0.3 is 5.32 Å². The lowest BCUT2D eigenvalue weighted by atomic mass is 10.2. The van der Waals surface area contributed by atoms with Gasteiger partial charge in [0.1, 0.15) is 6.20 Å². The van der Waals surface area contributed by atoms with Crippen LogP contribution in [0.25, 0.3) is 17.6 Å². The Morgan fingerprint density at radius 1 is 1.17 bits per heavy atom. The summed E-state index contributed by atoms with van der Waals surface area (Å²) in [5.41, 5.74) is 1.62. The van der Waals surface area contributed by atoms with Crippen LogP contribution in [0.15, 0.2) is 67.0 Å². The minimum atomic E-state index is -0.220. The van der Waals surface area contributed by atoms with Gasteiger partial charge in [-0.3, -0.25) is 4.79 Å². The second-order valence-electron chi connectivity index (χ2n) is 4.79. The van der Waals surface area contributed by atoms with Crippen molar-refractivity contribution in [1.82, 2.24) is 10.1 Å². The molecule has 1 amide bonds. The average molecular weight is 326 g/mol. The molecule has 3 rings (SSSR count). The van der Waals surface area contributed by atoms with Gasteiger partial charge in [-0.05, 0) is 35.3 Å². The molecule has 0 unspecified atom stereocenters. The number of aromatic nitrogens is 3. The molecule has 2 N–H and O–H groups in total. The summed E-state index contributed by atoms with van der Waals surface area (Å²) in [6, 6.07) is 16.6. The molecule has 0 atom stereocenters. The number of hydrogen-bond donors (Lipinski definition) is 2. The summed E-state index contributed by atoms with van der Waals surface area (Å²) in [6.07, 6.45) is 4.61. The largest absolute Gasteiger partial charge is 0.322 e. The third kappa shape index (κ3) is 4.05. The molecule has 6 heteroatoms. The Bertz CT molecular complexity index is 843. The molecule has 114 valence electrons. The molecule has 0 aliphatic heterocycles. The van der Waals surface area contributed by atoms with E-state index in [0.29, 0.717) is 10.8 Å². The maximum Gasteiger partial charge on any atom is 0.312 e. The minimum Gasteiger partial charge on any atom is -0.322 e. The molecule has 1 heterocycles. The maximum atomic E-state index is 11.8. The van der Waals surface area contributed by atoms with Crippen molar-refractivity contribution in [2.24, 2.45) is 0 Å². The number of H-pyrrole nitrogens is 1. The lowest BCUT2D eigenvalue weighted by molar-refractivity contribution is -0.630. The van der Waals surface area contributed by atoms with Crippen molar-refractivity contribution in [2.75, 3.05) is 5.32 Å². The van der Waals surface area contributed by atoms with Crippen molar-refractivity contribution in [2.45, 2.75) is 0 Å². The van der Waals surface area contributed by atoms with Crippen LogP contribution in [0.5, 0.6) is 0 Å². The third-order valence-corrected chi connectivity index (χ3v) is 3.31. The van der Waals surface area contributed by atoms with Gasteiger partial charge in [0.05, 0.1) is 0 Å². The number of carbonyl (C=O) groups is 1. The molecular formula is C17H14ClN4O+. The monoisotopic (exact) mass is 325 g/mol. The van der Waals surface area contributed by atoms with Crippen LogP contribution in [-0.2, 0) is 4.79 Å². The van der Waals surface area contributed by atoms with Crippen molar-refractivity contribution in [3.8, 4) is 11.4 Å². The van der Waals surface area contributed by atoms with Crippen molar-refractivity contribution in [3.05, 3.63) is 72.0 Å². The molecule has 0 saturated carbocycles. The number of rotatable bonds is 4. The molecule has 3 aromatic rings. The number of carbonyl (C=O) groups excluding carboxylic acids is 1. The average Bonchev–Trinajstić information content (AvgIpc) is 3.03. The molecule has 23 heavy (non-hydrogen) atoms. The van der Waals surface area contributed by atoms with Crippen LogP contribution in [0.3, 0.4) is 0 Å². The first-order valence-corrected chi connectivity index (χ1v) is 7.35. The number of nitrogens with zero attached hydrogens (tertiary/aromatic N) is 2. The molecule has 1 aromatic heterocycles. The fourth-order valence-electron chi connectivity index (χ4n) is 2.00. The van der Waals surface area contributed by atoms with E-state index >= 15 is 0 Å². The molecule has 0 radical (unpaired) electrons. The SMILES string of the molecule is O=C(C=C[n+]1cnc(-c2cccc(Cl)c2)[nH]1)Nc1ccccc1. The Hall–Kier alpha value is -2.92. The van der Waals surface area contributed by atoms with E-state index in [1.165, 1.54) is 6.08 Å². The van der Waals surface area contributed by atoms with E-state index < -0.39 is 0 Å². The first-order chi connectivity index (χ1) is 11.2. The van der Waals surface area contributed by atoms with E-state index in [1.807, 2.05) is 48.5 Å². The predicted octanol–water partition coefficient (Wildman–Crippen LogP) is 3.13. The van der Waals surface area contributed by atoms with Gasteiger partial charge in [0.25, 0.3) is 11.7 Å². The van der Waals surface area contributed by atoms with Gasteiger partial charge >= 0.3 is 6.33 Å². The van der Waals surface area contributed by atoms with E-state index in [0.717, 1.165) is 11.3 Å². The topological polar surface area (TPSA) is 61.7 Å². The van der Waals surface area contributed by atoms with E-state index in [9.17, 15) is 4.79 Å². The number of nitrogens with one attached hydrogen (secondary N) is 2. The number of benzene rings is 2. The number of halogens is 1. The zero-order chi connectivity index (χ0) is 16.1. The van der Waals surface area contributed by atoms with Crippen LogP contribution >= 0.6 is 11.6 Å². The number of para-hydroxylation sites is 1. The molecule has 2 aromatic carbocycles. The third-order valence-electron chi connectivity index (χ3n) is 3.07. The van der Waals surface area contributed by atoms with Crippen molar-refractivity contribution in [1.29, 1.82) is 0 Å². The lowest BCUT2D eigenvalue weighted by Crippen LogP contribution is -2.27. The van der Waals surface area contributed by atoms with E-state index in [2.05, 4.69) is 15.4 Å². The van der Waals surface area contributed by atoms with Crippen molar-refractivity contribution < 1.29 is 9.48 Å². The summed E-state index contributed by atoms with van der Waals surface area (Å²) in [5, 5.41) is 6.47.